The maximum absolute atomic E-state index is 6.09. The fourth-order valence-electron chi connectivity index (χ4n) is 1.59. The number of nitrogens with zero attached hydrogens (tertiary/aromatic N) is 1. The molecule has 1 aromatic heterocycles. The minimum Gasteiger partial charge on any atom is -0.359 e. The molecular weight excluding hydrogens is 313 g/mol. The number of hydrogen-bond donors (Lipinski definition) is 2. The smallest absolute Gasteiger partial charge is 0.166 e. The molecule has 0 spiro atoms. The molecule has 0 radical (unpaired) electrons. The summed E-state index contributed by atoms with van der Waals surface area (Å²) >= 11 is 17.1. The molecule has 2 aromatic rings. The van der Waals surface area contributed by atoms with Crippen LogP contribution in [0.15, 0.2) is 42.7 Å². The Morgan fingerprint density at radius 3 is 2.65 bits per heavy atom. The lowest BCUT2D eigenvalue weighted by Crippen LogP contribution is -2.34. The van der Waals surface area contributed by atoms with Crippen molar-refractivity contribution in [2.45, 2.75) is 13.1 Å². The van der Waals surface area contributed by atoms with Gasteiger partial charge in [-0.1, -0.05) is 35.3 Å². The van der Waals surface area contributed by atoms with Crippen molar-refractivity contribution in [2.24, 2.45) is 0 Å². The van der Waals surface area contributed by atoms with E-state index < -0.39 is 0 Å². The van der Waals surface area contributed by atoms with Crippen LogP contribution >= 0.6 is 35.4 Å². The first-order chi connectivity index (χ1) is 9.65. The van der Waals surface area contributed by atoms with E-state index in [1.807, 2.05) is 18.2 Å². The van der Waals surface area contributed by atoms with Crippen molar-refractivity contribution >= 4 is 40.5 Å². The van der Waals surface area contributed by atoms with E-state index in [0.29, 0.717) is 28.2 Å². The second kappa shape index (κ2) is 7.43. The summed E-state index contributed by atoms with van der Waals surface area (Å²) in [7, 11) is 0. The van der Waals surface area contributed by atoms with Crippen molar-refractivity contribution < 1.29 is 0 Å². The highest BCUT2D eigenvalue weighted by Gasteiger charge is 2.02. The summed E-state index contributed by atoms with van der Waals surface area (Å²) in [5.74, 6) is 0. The van der Waals surface area contributed by atoms with Gasteiger partial charge in [-0.3, -0.25) is 4.98 Å². The average Bonchev–Trinajstić information content (AvgIpc) is 2.45. The van der Waals surface area contributed by atoms with Crippen LogP contribution in [0.3, 0.4) is 0 Å². The van der Waals surface area contributed by atoms with E-state index in [1.165, 1.54) is 0 Å². The highest BCUT2D eigenvalue weighted by molar-refractivity contribution is 7.80. The van der Waals surface area contributed by atoms with Crippen LogP contribution in [-0.2, 0) is 13.1 Å². The fraction of sp³-hybridized carbons (Fsp3) is 0.143. The molecule has 0 saturated carbocycles. The zero-order valence-electron chi connectivity index (χ0n) is 10.6. The van der Waals surface area contributed by atoms with E-state index in [4.69, 9.17) is 35.4 Å². The molecule has 104 valence electrons. The first kappa shape index (κ1) is 15.0. The fourth-order valence-corrected chi connectivity index (χ4v) is 2.21. The van der Waals surface area contributed by atoms with Gasteiger partial charge in [-0.15, -0.1) is 0 Å². The van der Waals surface area contributed by atoms with Gasteiger partial charge in [0.05, 0.1) is 0 Å². The summed E-state index contributed by atoms with van der Waals surface area (Å²) in [6, 6.07) is 9.27. The van der Waals surface area contributed by atoms with E-state index in [2.05, 4.69) is 15.6 Å². The molecule has 2 N–H and O–H groups in total. The number of halogens is 2. The zero-order valence-corrected chi connectivity index (χ0v) is 12.9. The average molecular weight is 326 g/mol. The molecule has 1 heterocycles. The van der Waals surface area contributed by atoms with Crippen molar-refractivity contribution in [3.8, 4) is 0 Å². The first-order valence-electron chi connectivity index (χ1n) is 5.99. The van der Waals surface area contributed by atoms with Crippen LogP contribution < -0.4 is 10.6 Å². The molecule has 0 amide bonds. The monoisotopic (exact) mass is 325 g/mol. The van der Waals surface area contributed by atoms with E-state index >= 15 is 0 Å². The maximum atomic E-state index is 6.09. The Balaban J connectivity index is 1.80. The van der Waals surface area contributed by atoms with Crippen molar-refractivity contribution in [1.82, 2.24) is 15.6 Å². The lowest BCUT2D eigenvalue weighted by molar-refractivity contribution is 0.830. The largest absolute Gasteiger partial charge is 0.359 e. The third kappa shape index (κ3) is 4.63. The van der Waals surface area contributed by atoms with Gasteiger partial charge < -0.3 is 10.6 Å². The highest BCUT2D eigenvalue weighted by Crippen LogP contribution is 2.20. The van der Waals surface area contributed by atoms with Crippen molar-refractivity contribution in [2.75, 3.05) is 0 Å². The molecule has 0 bridgehead atoms. The summed E-state index contributed by atoms with van der Waals surface area (Å²) in [6.45, 7) is 1.18. The number of thiocarbonyl (C=S) groups is 1. The number of benzene rings is 1. The van der Waals surface area contributed by atoms with Gasteiger partial charge in [0.15, 0.2) is 5.11 Å². The van der Waals surface area contributed by atoms with Crippen LogP contribution in [-0.4, -0.2) is 10.1 Å². The Morgan fingerprint density at radius 2 is 1.95 bits per heavy atom. The molecule has 3 nitrogen and oxygen atoms in total. The van der Waals surface area contributed by atoms with Gasteiger partial charge in [0.1, 0.15) is 0 Å². The molecule has 0 unspecified atom stereocenters. The number of pyridine rings is 1. The van der Waals surface area contributed by atoms with Gasteiger partial charge in [0, 0.05) is 35.5 Å². The minimum absolute atomic E-state index is 0.550. The molecule has 1 aromatic carbocycles. The summed E-state index contributed by atoms with van der Waals surface area (Å²) in [6.07, 6.45) is 3.54. The van der Waals surface area contributed by atoms with E-state index in [-0.39, 0.29) is 0 Å². The van der Waals surface area contributed by atoms with Crippen LogP contribution in [0.1, 0.15) is 11.1 Å². The molecule has 0 aliphatic heterocycles. The Morgan fingerprint density at radius 1 is 1.15 bits per heavy atom. The molecule has 2 rings (SSSR count). The zero-order chi connectivity index (χ0) is 14.4. The van der Waals surface area contributed by atoms with Gasteiger partial charge >= 0.3 is 0 Å². The Bertz CT molecular complexity index is 590. The van der Waals surface area contributed by atoms with Crippen LogP contribution in [0.2, 0.25) is 10.0 Å². The quantitative estimate of drug-likeness (QED) is 0.843. The van der Waals surface area contributed by atoms with Crippen LogP contribution in [0, 0.1) is 0 Å². The van der Waals surface area contributed by atoms with Crippen molar-refractivity contribution in [1.29, 1.82) is 0 Å². The number of rotatable bonds is 4. The van der Waals surface area contributed by atoms with Gasteiger partial charge in [-0.2, -0.15) is 0 Å². The lowest BCUT2D eigenvalue weighted by Gasteiger charge is -2.11. The molecule has 6 heteroatoms. The molecule has 20 heavy (non-hydrogen) atoms. The molecule has 0 atom stereocenters. The molecule has 0 saturated heterocycles. The summed E-state index contributed by atoms with van der Waals surface area (Å²) < 4.78 is 0. The maximum Gasteiger partial charge on any atom is 0.166 e. The van der Waals surface area contributed by atoms with Gasteiger partial charge in [-0.05, 0) is 41.5 Å². The predicted molar refractivity (Wildman–Crippen MR) is 87.0 cm³/mol. The third-order valence-electron chi connectivity index (χ3n) is 2.63. The summed E-state index contributed by atoms with van der Waals surface area (Å²) in [4.78, 5) is 4.04. The van der Waals surface area contributed by atoms with Crippen molar-refractivity contribution in [3.63, 3.8) is 0 Å². The Kier molecular flexibility index (Phi) is 5.59. The third-order valence-corrected chi connectivity index (χ3v) is 3.51. The van der Waals surface area contributed by atoms with Gasteiger partial charge in [0.25, 0.3) is 0 Å². The summed E-state index contributed by atoms with van der Waals surface area (Å²) in [5.41, 5.74) is 2.02. The Labute approximate surface area is 133 Å². The molecule has 0 aliphatic carbocycles. The Hall–Kier alpha value is -1.36. The summed E-state index contributed by atoms with van der Waals surface area (Å²) in [5, 5.41) is 8.03. The predicted octanol–water partition coefficient (Wildman–Crippen LogP) is 3.55. The van der Waals surface area contributed by atoms with Crippen LogP contribution in [0.25, 0.3) is 0 Å². The second-order valence-electron chi connectivity index (χ2n) is 4.13. The van der Waals surface area contributed by atoms with Crippen LogP contribution in [0.5, 0.6) is 0 Å². The van der Waals surface area contributed by atoms with Crippen LogP contribution in [0.4, 0.5) is 0 Å². The van der Waals surface area contributed by atoms with E-state index in [0.717, 1.165) is 11.1 Å². The normalized spacial score (nSPS) is 10.1. The van der Waals surface area contributed by atoms with Gasteiger partial charge in [-0.25, -0.2) is 0 Å². The van der Waals surface area contributed by atoms with Gasteiger partial charge in [0.2, 0.25) is 0 Å². The number of hydrogen-bond acceptors (Lipinski definition) is 2. The number of nitrogens with one attached hydrogen (secondary N) is 2. The molecule has 0 aliphatic rings. The SMILES string of the molecule is S=C(NCc1cccnc1)NCc1ccc(Cl)cc1Cl. The minimum atomic E-state index is 0.550. The molecular formula is C14H13Cl2N3S. The molecule has 0 fully saturated rings. The van der Waals surface area contributed by atoms with E-state index in [9.17, 15) is 0 Å². The topological polar surface area (TPSA) is 37.0 Å². The highest BCUT2D eigenvalue weighted by atomic mass is 35.5. The van der Waals surface area contributed by atoms with E-state index in [1.54, 1.807) is 24.5 Å². The first-order valence-corrected chi connectivity index (χ1v) is 7.16. The van der Waals surface area contributed by atoms with Crippen molar-refractivity contribution in [3.05, 3.63) is 63.9 Å². The number of aromatic nitrogens is 1. The second-order valence-corrected chi connectivity index (χ2v) is 5.39. The standard InChI is InChI=1S/C14H13Cl2N3S/c15-12-4-3-11(13(16)6-12)9-19-14(20)18-8-10-2-1-5-17-7-10/h1-7H,8-9H2,(H2,18,19,20). The lowest BCUT2D eigenvalue weighted by atomic mass is 10.2.